The highest BCUT2D eigenvalue weighted by atomic mass is 35.5. The summed E-state index contributed by atoms with van der Waals surface area (Å²) in [7, 11) is 0. The molecule has 0 bridgehead atoms. The van der Waals surface area contributed by atoms with Gasteiger partial charge >= 0.3 is 0 Å². The highest BCUT2D eigenvalue weighted by Gasteiger charge is 2.29. The van der Waals surface area contributed by atoms with Crippen LogP contribution in [-0.2, 0) is 4.79 Å². The Morgan fingerprint density at radius 3 is 2.81 bits per heavy atom. The van der Waals surface area contributed by atoms with Crippen LogP contribution in [-0.4, -0.2) is 39.9 Å². The number of aromatic nitrogens is 2. The number of carbonyl (C=O) groups is 1. The monoisotopic (exact) mass is 308 g/mol. The fourth-order valence-corrected chi connectivity index (χ4v) is 2.88. The van der Waals surface area contributed by atoms with Crippen LogP contribution < -0.4 is 5.32 Å². The first-order chi connectivity index (χ1) is 10.0. The standard InChI is InChI=1S/C15H21ClN4O/c1-9(2)15(21)20-6-5-11(8-20)17-13-7-12(16)18-14(19-13)10-3-4-10/h7,9-11H,3-6,8H2,1-2H3,(H,17,18,19). The minimum Gasteiger partial charge on any atom is -0.365 e. The Morgan fingerprint density at radius 2 is 2.14 bits per heavy atom. The highest BCUT2D eigenvalue weighted by molar-refractivity contribution is 6.29. The van der Waals surface area contributed by atoms with Gasteiger partial charge in [0.2, 0.25) is 5.91 Å². The summed E-state index contributed by atoms with van der Waals surface area (Å²) in [6.07, 6.45) is 3.25. The Hall–Kier alpha value is -1.36. The predicted octanol–water partition coefficient (Wildman–Crippen LogP) is 2.68. The van der Waals surface area contributed by atoms with Crippen molar-refractivity contribution in [3.8, 4) is 0 Å². The molecule has 0 spiro atoms. The number of halogens is 1. The number of nitrogens with one attached hydrogen (secondary N) is 1. The van der Waals surface area contributed by atoms with E-state index in [4.69, 9.17) is 11.6 Å². The minimum atomic E-state index is 0.0544. The molecule has 1 aliphatic heterocycles. The van der Waals surface area contributed by atoms with Gasteiger partial charge < -0.3 is 10.2 Å². The third kappa shape index (κ3) is 3.46. The van der Waals surface area contributed by atoms with Crippen molar-refractivity contribution in [3.63, 3.8) is 0 Å². The van der Waals surface area contributed by atoms with E-state index in [-0.39, 0.29) is 17.9 Å². The van der Waals surface area contributed by atoms with Gasteiger partial charge in [0.25, 0.3) is 0 Å². The molecule has 1 N–H and O–H groups in total. The van der Waals surface area contributed by atoms with Crippen LogP contribution in [0.1, 0.15) is 44.9 Å². The molecule has 2 aliphatic rings. The molecule has 1 aromatic rings. The quantitative estimate of drug-likeness (QED) is 0.869. The van der Waals surface area contributed by atoms with Crippen molar-refractivity contribution in [2.45, 2.75) is 45.1 Å². The van der Waals surface area contributed by atoms with Crippen LogP contribution in [0.25, 0.3) is 0 Å². The van der Waals surface area contributed by atoms with Crippen molar-refractivity contribution in [1.82, 2.24) is 14.9 Å². The Kier molecular flexibility index (Phi) is 4.02. The molecule has 2 fully saturated rings. The molecular formula is C15H21ClN4O. The van der Waals surface area contributed by atoms with Gasteiger partial charge in [0.05, 0.1) is 0 Å². The molecule has 1 unspecified atom stereocenters. The van der Waals surface area contributed by atoms with Gasteiger partial charge in [-0.3, -0.25) is 4.79 Å². The van der Waals surface area contributed by atoms with Crippen LogP contribution in [0.4, 0.5) is 5.82 Å². The van der Waals surface area contributed by atoms with Crippen LogP contribution in [0.2, 0.25) is 5.15 Å². The van der Waals surface area contributed by atoms with E-state index in [1.54, 1.807) is 6.07 Å². The van der Waals surface area contributed by atoms with Gasteiger partial charge in [0, 0.05) is 37.0 Å². The summed E-state index contributed by atoms with van der Waals surface area (Å²) in [6.45, 7) is 5.42. The number of anilines is 1. The van der Waals surface area contributed by atoms with Crippen molar-refractivity contribution in [1.29, 1.82) is 0 Å². The minimum absolute atomic E-state index is 0.0544. The molecule has 5 nitrogen and oxygen atoms in total. The lowest BCUT2D eigenvalue weighted by Crippen LogP contribution is -2.34. The number of nitrogens with zero attached hydrogens (tertiary/aromatic N) is 3. The van der Waals surface area contributed by atoms with E-state index in [0.717, 1.165) is 44.0 Å². The first-order valence-corrected chi connectivity index (χ1v) is 8.00. The number of hydrogen-bond acceptors (Lipinski definition) is 4. The number of rotatable bonds is 4. The normalized spacial score (nSPS) is 21.9. The first-order valence-electron chi connectivity index (χ1n) is 7.62. The van der Waals surface area contributed by atoms with E-state index in [1.165, 1.54) is 0 Å². The second-order valence-electron chi connectivity index (χ2n) is 6.28. The SMILES string of the molecule is CC(C)C(=O)N1CCC(Nc2cc(Cl)nc(C3CC3)n2)C1. The van der Waals surface area contributed by atoms with E-state index in [0.29, 0.717) is 11.1 Å². The number of likely N-dealkylation sites (tertiary alicyclic amines) is 1. The summed E-state index contributed by atoms with van der Waals surface area (Å²) in [5, 5.41) is 3.89. The smallest absolute Gasteiger partial charge is 0.225 e. The maximum absolute atomic E-state index is 12.0. The van der Waals surface area contributed by atoms with Crippen LogP contribution in [0.5, 0.6) is 0 Å². The molecule has 114 valence electrons. The van der Waals surface area contributed by atoms with E-state index in [2.05, 4.69) is 15.3 Å². The Labute approximate surface area is 130 Å². The number of hydrogen-bond donors (Lipinski definition) is 1. The molecule has 1 atom stereocenters. The van der Waals surface area contributed by atoms with Crippen molar-refractivity contribution in [3.05, 3.63) is 17.0 Å². The molecule has 3 rings (SSSR count). The maximum Gasteiger partial charge on any atom is 0.225 e. The first kappa shape index (κ1) is 14.6. The van der Waals surface area contributed by atoms with E-state index in [9.17, 15) is 4.79 Å². The number of amides is 1. The van der Waals surface area contributed by atoms with Crippen molar-refractivity contribution in [2.24, 2.45) is 5.92 Å². The van der Waals surface area contributed by atoms with E-state index < -0.39 is 0 Å². The zero-order valence-electron chi connectivity index (χ0n) is 12.5. The summed E-state index contributed by atoms with van der Waals surface area (Å²) in [6, 6.07) is 2.01. The molecule has 1 aliphatic carbocycles. The summed E-state index contributed by atoms with van der Waals surface area (Å²) in [5.41, 5.74) is 0. The highest BCUT2D eigenvalue weighted by Crippen LogP contribution is 2.38. The molecule has 2 heterocycles. The average molecular weight is 309 g/mol. The maximum atomic E-state index is 12.0. The lowest BCUT2D eigenvalue weighted by molar-refractivity contribution is -0.133. The van der Waals surface area contributed by atoms with Crippen molar-refractivity contribution >= 4 is 23.3 Å². The zero-order chi connectivity index (χ0) is 15.0. The predicted molar refractivity (Wildman–Crippen MR) is 82.5 cm³/mol. The second kappa shape index (κ2) is 5.79. The Bertz CT molecular complexity index is 544. The van der Waals surface area contributed by atoms with Crippen molar-refractivity contribution in [2.75, 3.05) is 18.4 Å². The fraction of sp³-hybridized carbons (Fsp3) is 0.667. The summed E-state index contributed by atoms with van der Waals surface area (Å²) in [5.74, 6) is 2.38. The van der Waals surface area contributed by atoms with Crippen LogP contribution >= 0.6 is 11.6 Å². The van der Waals surface area contributed by atoms with Gasteiger partial charge in [-0.05, 0) is 19.3 Å². The van der Waals surface area contributed by atoms with Gasteiger partial charge in [-0.2, -0.15) is 0 Å². The van der Waals surface area contributed by atoms with Crippen LogP contribution in [0, 0.1) is 5.92 Å². The Balaban J connectivity index is 1.63. The van der Waals surface area contributed by atoms with Crippen molar-refractivity contribution < 1.29 is 4.79 Å². The largest absolute Gasteiger partial charge is 0.365 e. The third-order valence-electron chi connectivity index (χ3n) is 4.00. The van der Waals surface area contributed by atoms with Gasteiger partial charge in [-0.1, -0.05) is 25.4 Å². The average Bonchev–Trinajstić information content (AvgIpc) is 3.18. The van der Waals surface area contributed by atoms with Crippen LogP contribution in [0.15, 0.2) is 6.07 Å². The molecule has 1 saturated carbocycles. The summed E-state index contributed by atoms with van der Waals surface area (Å²) >= 11 is 6.07. The number of carbonyl (C=O) groups excluding carboxylic acids is 1. The van der Waals surface area contributed by atoms with Gasteiger partial charge in [-0.15, -0.1) is 0 Å². The molecule has 6 heteroatoms. The lowest BCUT2D eigenvalue weighted by Gasteiger charge is -2.19. The molecule has 0 radical (unpaired) electrons. The lowest BCUT2D eigenvalue weighted by atomic mass is 10.2. The summed E-state index contributed by atoms with van der Waals surface area (Å²) in [4.78, 5) is 22.8. The van der Waals surface area contributed by atoms with Gasteiger partial charge in [0.1, 0.15) is 16.8 Å². The third-order valence-corrected chi connectivity index (χ3v) is 4.19. The van der Waals surface area contributed by atoms with Crippen LogP contribution in [0.3, 0.4) is 0 Å². The van der Waals surface area contributed by atoms with E-state index >= 15 is 0 Å². The van der Waals surface area contributed by atoms with E-state index in [1.807, 2.05) is 18.7 Å². The van der Waals surface area contributed by atoms with Gasteiger partial charge in [-0.25, -0.2) is 9.97 Å². The molecule has 1 aromatic heterocycles. The molecular weight excluding hydrogens is 288 g/mol. The molecule has 0 aromatic carbocycles. The molecule has 1 saturated heterocycles. The Morgan fingerprint density at radius 1 is 1.38 bits per heavy atom. The molecule has 21 heavy (non-hydrogen) atoms. The second-order valence-corrected chi connectivity index (χ2v) is 6.66. The topological polar surface area (TPSA) is 58.1 Å². The fourth-order valence-electron chi connectivity index (χ4n) is 2.69. The summed E-state index contributed by atoms with van der Waals surface area (Å²) < 4.78 is 0. The molecule has 1 amide bonds. The van der Waals surface area contributed by atoms with Gasteiger partial charge in [0.15, 0.2) is 0 Å². The zero-order valence-corrected chi connectivity index (χ0v) is 13.2.